The fourth-order valence-electron chi connectivity index (χ4n) is 4.26. The summed E-state index contributed by atoms with van der Waals surface area (Å²) in [6, 6.07) is 31.5. The molecule has 142 valence electrons. The van der Waals surface area contributed by atoms with Crippen LogP contribution >= 0.6 is 7.94 Å². The first-order chi connectivity index (χ1) is 13.7. The Bertz CT molecular complexity index is 822. The van der Waals surface area contributed by atoms with Gasteiger partial charge in [-0.05, 0) is 0 Å². The molecule has 3 aliphatic heterocycles. The topological polar surface area (TPSA) is 27.7 Å². The summed E-state index contributed by atoms with van der Waals surface area (Å²) < 4.78 is 19.7. The average molecular weight is 391 g/mol. The highest BCUT2D eigenvalue weighted by Gasteiger charge is 2.74. The Morgan fingerprint density at radius 3 is 1.25 bits per heavy atom. The van der Waals surface area contributed by atoms with Crippen LogP contribution in [0.4, 0.5) is 0 Å². The lowest BCUT2D eigenvalue weighted by atomic mass is 9.84. The maximum Gasteiger partial charge on any atom is 0.432 e. The van der Waals surface area contributed by atoms with Crippen LogP contribution in [0.3, 0.4) is 0 Å². The van der Waals surface area contributed by atoms with E-state index < -0.39 is 13.1 Å². The minimum absolute atomic E-state index is 0.0719. The summed E-state index contributed by atoms with van der Waals surface area (Å²) >= 11 is 0. The monoisotopic (exact) mass is 391 g/mol. The van der Waals surface area contributed by atoms with Gasteiger partial charge in [0.05, 0.1) is 5.41 Å². The highest BCUT2D eigenvalue weighted by molar-refractivity contribution is 7.63. The van der Waals surface area contributed by atoms with Crippen molar-refractivity contribution in [2.75, 3.05) is 19.8 Å². The lowest BCUT2D eigenvalue weighted by molar-refractivity contribution is -0.0817. The fraction of sp³-hybridized carbons (Fsp3) is 0.250. The van der Waals surface area contributed by atoms with Gasteiger partial charge in [-0.1, -0.05) is 97.9 Å². The molecule has 0 aromatic heterocycles. The molecule has 3 fully saturated rings. The van der Waals surface area contributed by atoms with Crippen LogP contribution in [0.2, 0.25) is 0 Å². The van der Waals surface area contributed by atoms with Crippen molar-refractivity contribution in [1.29, 1.82) is 0 Å². The van der Waals surface area contributed by atoms with Crippen LogP contribution in [-0.2, 0) is 18.7 Å². The van der Waals surface area contributed by atoms with E-state index in [0.717, 1.165) is 16.7 Å². The lowest BCUT2D eigenvalue weighted by Crippen LogP contribution is -2.50. The van der Waals surface area contributed by atoms with Crippen molar-refractivity contribution in [3.63, 3.8) is 0 Å². The minimum atomic E-state index is -2.75. The summed E-state index contributed by atoms with van der Waals surface area (Å²) in [6.45, 7) is 4.15. The van der Waals surface area contributed by atoms with Gasteiger partial charge in [0.25, 0.3) is 0 Å². The van der Waals surface area contributed by atoms with Gasteiger partial charge in [0.15, 0.2) is 0 Å². The second kappa shape index (κ2) is 6.79. The molecule has 2 bridgehead atoms. The molecule has 28 heavy (non-hydrogen) atoms. The van der Waals surface area contributed by atoms with Crippen molar-refractivity contribution >= 4 is 7.94 Å². The quantitative estimate of drug-likeness (QED) is 0.414. The molecule has 0 spiro atoms. The van der Waals surface area contributed by atoms with E-state index in [-0.39, 0.29) is 5.41 Å². The van der Waals surface area contributed by atoms with Crippen LogP contribution in [0, 0.1) is 5.41 Å². The van der Waals surface area contributed by atoms with E-state index in [1.807, 2.05) is 18.2 Å². The molecule has 0 unspecified atom stereocenters. The third-order valence-corrected chi connectivity index (χ3v) is 8.74. The van der Waals surface area contributed by atoms with E-state index in [4.69, 9.17) is 13.6 Å². The van der Waals surface area contributed by atoms with E-state index in [0.29, 0.717) is 19.8 Å². The van der Waals surface area contributed by atoms with Gasteiger partial charge >= 0.3 is 7.94 Å². The third-order valence-electron chi connectivity index (χ3n) is 5.73. The van der Waals surface area contributed by atoms with E-state index in [9.17, 15) is 0 Å². The zero-order valence-corrected chi connectivity index (χ0v) is 16.8. The largest absolute Gasteiger partial charge is 0.432 e. The van der Waals surface area contributed by atoms with Gasteiger partial charge in [0, 0.05) is 16.7 Å². The first-order valence-electron chi connectivity index (χ1n) is 9.68. The zero-order chi connectivity index (χ0) is 19.1. The molecular formula is C24H24O3P+. The van der Waals surface area contributed by atoms with Crippen molar-refractivity contribution in [1.82, 2.24) is 0 Å². The Balaban J connectivity index is 1.84. The molecule has 0 radical (unpaired) electrons. The summed E-state index contributed by atoms with van der Waals surface area (Å²) in [7, 11) is -2.75. The van der Waals surface area contributed by atoms with Gasteiger partial charge in [-0.25, -0.2) is 0 Å². The molecule has 0 amide bonds. The molecule has 3 nitrogen and oxygen atoms in total. The number of hydrogen-bond donors (Lipinski definition) is 0. The van der Waals surface area contributed by atoms with E-state index in [1.54, 1.807) is 0 Å². The second-order valence-electron chi connectivity index (χ2n) is 7.94. The minimum Gasteiger partial charge on any atom is -0.176 e. The Kier molecular flexibility index (Phi) is 4.37. The molecule has 4 heteroatoms. The summed E-state index contributed by atoms with van der Waals surface area (Å²) in [5.74, 6) is 0. The smallest absolute Gasteiger partial charge is 0.176 e. The van der Waals surface area contributed by atoms with Crippen molar-refractivity contribution in [2.45, 2.75) is 12.1 Å². The molecule has 3 aliphatic rings. The molecular weight excluding hydrogens is 367 g/mol. The van der Waals surface area contributed by atoms with Crippen LogP contribution in [-0.4, -0.2) is 19.8 Å². The number of rotatable bonds is 4. The second-order valence-corrected chi connectivity index (χ2v) is 10.4. The maximum atomic E-state index is 6.56. The van der Waals surface area contributed by atoms with Gasteiger partial charge in [0.1, 0.15) is 19.8 Å². The predicted octanol–water partition coefficient (Wildman–Crippen LogP) is 5.82. The van der Waals surface area contributed by atoms with Gasteiger partial charge < -0.3 is 0 Å². The Labute approximate surface area is 166 Å². The highest BCUT2D eigenvalue weighted by Crippen LogP contribution is 2.83. The first kappa shape index (κ1) is 18.0. The number of fused-ring (bicyclic) bond motifs is 3. The first-order valence-corrected chi connectivity index (χ1v) is 11.2. The maximum absolute atomic E-state index is 6.56. The molecule has 3 heterocycles. The van der Waals surface area contributed by atoms with E-state index in [2.05, 4.69) is 79.7 Å². The van der Waals surface area contributed by atoms with E-state index >= 15 is 0 Å². The standard InChI is InChI=1S/C24H24O3P/c1-23-17-25-28(26-18-23,27-19-23)24(20-11-5-2-6-12-20,21-13-7-3-8-14-21)22-15-9-4-10-16-22/h2-16H,17-19H2,1H3/q+1. The van der Waals surface area contributed by atoms with Crippen molar-refractivity contribution in [3.05, 3.63) is 108 Å². The summed E-state index contributed by atoms with van der Waals surface area (Å²) in [6.07, 6.45) is 0. The molecule has 0 N–H and O–H groups in total. The van der Waals surface area contributed by atoms with Gasteiger partial charge in [-0.15, -0.1) is 0 Å². The Morgan fingerprint density at radius 2 is 0.929 bits per heavy atom. The molecule has 3 aromatic rings. The average Bonchev–Trinajstić information content (AvgIpc) is 2.78. The molecule has 0 saturated carbocycles. The fourth-order valence-corrected chi connectivity index (χ4v) is 7.91. The summed E-state index contributed by atoms with van der Waals surface area (Å²) in [5, 5.41) is -0.640. The third kappa shape index (κ3) is 2.58. The van der Waals surface area contributed by atoms with E-state index in [1.165, 1.54) is 0 Å². The normalized spacial score (nSPS) is 26.9. The molecule has 3 aromatic carbocycles. The van der Waals surface area contributed by atoms with Crippen LogP contribution in [0.5, 0.6) is 0 Å². The zero-order valence-electron chi connectivity index (χ0n) is 16.0. The van der Waals surface area contributed by atoms with Crippen molar-refractivity contribution < 1.29 is 13.6 Å². The Morgan fingerprint density at radius 1 is 0.607 bits per heavy atom. The Hall–Kier alpha value is -2.03. The molecule has 0 aliphatic carbocycles. The van der Waals surface area contributed by atoms with Crippen LogP contribution in [0.25, 0.3) is 0 Å². The number of benzene rings is 3. The molecule has 6 rings (SSSR count). The van der Waals surface area contributed by atoms with Crippen LogP contribution in [0.15, 0.2) is 91.0 Å². The molecule has 3 saturated heterocycles. The molecule has 0 atom stereocenters. The van der Waals surface area contributed by atoms with Crippen molar-refractivity contribution in [2.24, 2.45) is 5.41 Å². The highest BCUT2D eigenvalue weighted by atomic mass is 31.2. The summed E-state index contributed by atoms with van der Waals surface area (Å²) in [5.41, 5.74) is 3.32. The van der Waals surface area contributed by atoms with Crippen LogP contribution < -0.4 is 0 Å². The summed E-state index contributed by atoms with van der Waals surface area (Å²) in [4.78, 5) is 0. The SMILES string of the molecule is CC12CO[P+](C(c3ccccc3)(c3ccccc3)c3ccccc3)(OC1)OC2. The van der Waals surface area contributed by atoms with Crippen molar-refractivity contribution in [3.8, 4) is 0 Å². The van der Waals surface area contributed by atoms with Gasteiger partial charge in [-0.2, -0.15) is 13.6 Å². The van der Waals surface area contributed by atoms with Gasteiger partial charge in [0.2, 0.25) is 5.16 Å². The number of hydrogen-bond acceptors (Lipinski definition) is 3. The predicted molar refractivity (Wildman–Crippen MR) is 112 cm³/mol. The van der Waals surface area contributed by atoms with Crippen LogP contribution in [0.1, 0.15) is 23.6 Å². The lowest BCUT2D eigenvalue weighted by Gasteiger charge is -2.49. The van der Waals surface area contributed by atoms with Gasteiger partial charge in [-0.3, -0.25) is 0 Å².